The minimum atomic E-state index is -4.09. The Bertz CT molecular complexity index is 1720. The third-order valence-electron chi connectivity index (χ3n) is 8.87. The summed E-state index contributed by atoms with van der Waals surface area (Å²) in [6, 6.07) is 11.6. The highest BCUT2D eigenvalue weighted by Gasteiger charge is 2.41. The Morgan fingerprint density at radius 1 is 1.12 bits per heavy atom. The molecule has 1 aliphatic carbocycles. The molecule has 266 valence electrons. The molecule has 2 fully saturated rings. The van der Waals surface area contributed by atoms with E-state index < -0.39 is 34.1 Å². The van der Waals surface area contributed by atoms with Crippen molar-refractivity contribution in [2.45, 2.75) is 82.5 Å². The zero-order chi connectivity index (χ0) is 35.5. The molecule has 3 atom stereocenters. The van der Waals surface area contributed by atoms with E-state index in [1.807, 2.05) is 63.4 Å². The first-order valence-electron chi connectivity index (χ1n) is 16.8. The third kappa shape index (κ3) is 9.12. The number of thiazole rings is 1. The van der Waals surface area contributed by atoms with Crippen LogP contribution in [0.3, 0.4) is 0 Å². The lowest BCUT2D eigenvalue weighted by Gasteiger charge is -2.34. The Morgan fingerprint density at radius 2 is 1.84 bits per heavy atom. The highest BCUT2D eigenvalue weighted by molar-refractivity contribution is 7.89. The lowest BCUT2D eigenvalue weighted by Crippen LogP contribution is -2.57. The SMILES string of the molecule is CC(C)CN(C[C@H](O)[C@H](Cc1ccccc1)NC(=O)[C@H](C(C)C)N1CCN(Cc2csc(C3CC3)n2)C1=O)S(=O)(=O)c1ccc(Cl)c(N)c1. The second-order valence-electron chi connectivity index (χ2n) is 13.8. The molecule has 3 amide bonds. The molecule has 1 aromatic heterocycles. The van der Waals surface area contributed by atoms with Gasteiger partial charge in [-0.2, -0.15) is 4.31 Å². The number of rotatable bonds is 16. The van der Waals surface area contributed by atoms with Crippen LogP contribution in [0.25, 0.3) is 0 Å². The van der Waals surface area contributed by atoms with Crippen molar-refractivity contribution < 1.29 is 23.1 Å². The smallest absolute Gasteiger partial charge is 0.321 e. The topological polar surface area (TPSA) is 149 Å². The summed E-state index contributed by atoms with van der Waals surface area (Å²) in [7, 11) is -4.09. The van der Waals surface area contributed by atoms with Gasteiger partial charge in [0.15, 0.2) is 0 Å². The molecule has 49 heavy (non-hydrogen) atoms. The molecule has 2 aromatic carbocycles. The van der Waals surface area contributed by atoms with E-state index in [9.17, 15) is 23.1 Å². The van der Waals surface area contributed by atoms with Gasteiger partial charge in [-0.3, -0.25) is 4.79 Å². The van der Waals surface area contributed by atoms with Gasteiger partial charge >= 0.3 is 6.03 Å². The number of halogens is 1. The van der Waals surface area contributed by atoms with Crippen LogP contribution in [0, 0.1) is 11.8 Å². The lowest BCUT2D eigenvalue weighted by atomic mass is 9.97. The van der Waals surface area contributed by atoms with Crippen molar-refractivity contribution in [3.63, 3.8) is 0 Å². The van der Waals surface area contributed by atoms with Crippen molar-refractivity contribution in [2.24, 2.45) is 11.8 Å². The van der Waals surface area contributed by atoms with E-state index in [0.717, 1.165) is 29.1 Å². The van der Waals surface area contributed by atoms with Crippen LogP contribution in [0.4, 0.5) is 10.5 Å². The minimum absolute atomic E-state index is 0.0377. The van der Waals surface area contributed by atoms with E-state index in [4.69, 9.17) is 22.3 Å². The van der Waals surface area contributed by atoms with Gasteiger partial charge in [0.1, 0.15) is 6.04 Å². The number of sulfonamides is 1. The van der Waals surface area contributed by atoms with E-state index in [1.54, 1.807) is 21.1 Å². The molecule has 0 bridgehead atoms. The molecule has 3 aromatic rings. The second kappa shape index (κ2) is 15.8. The van der Waals surface area contributed by atoms with Crippen molar-refractivity contribution >= 4 is 50.6 Å². The largest absolute Gasteiger partial charge is 0.397 e. The number of anilines is 1. The molecule has 2 aliphatic rings. The molecule has 0 spiro atoms. The van der Waals surface area contributed by atoms with Crippen molar-refractivity contribution in [1.82, 2.24) is 24.4 Å². The van der Waals surface area contributed by atoms with Crippen LogP contribution in [-0.2, 0) is 27.8 Å². The molecule has 1 saturated heterocycles. The van der Waals surface area contributed by atoms with Gasteiger partial charge in [-0.1, -0.05) is 69.6 Å². The Morgan fingerprint density at radius 3 is 2.47 bits per heavy atom. The number of amides is 3. The monoisotopic (exact) mass is 730 g/mol. The average Bonchev–Trinajstić information content (AvgIpc) is 3.70. The first kappa shape index (κ1) is 37.0. The minimum Gasteiger partial charge on any atom is -0.397 e. The fourth-order valence-corrected chi connectivity index (χ4v) is 8.94. The molecule has 0 radical (unpaired) electrons. The molecular formula is C35H47ClN6O5S2. The second-order valence-corrected chi connectivity index (χ2v) is 17.0. The summed E-state index contributed by atoms with van der Waals surface area (Å²) >= 11 is 7.70. The number of nitrogens with two attached hydrogens (primary N) is 1. The van der Waals surface area contributed by atoms with Gasteiger partial charge in [-0.15, -0.1) is 11.3 Å². The van der Waals surface area contributed by atoms with E-state index in [-0.39, 0.29) is 53.0 Å². The number of hydrogen-bond acceptors (Lipinski definition) is 8. The standard InChI is InChI=1S/C35H47ClN6O5S2/c1-22(2)18-41(49(46,47)27-12-13-28(36)29(37)17-27)20-31(43)30(16-24-8-6-5-7-9-24)39-33(44)32(23(3)4)42-15-14-40(35(42)45)19-26-21-48-34(38-26)25-10-11-25/h5-9,12-13,17,21-23,25,30-32,43H,10-11,14-16,18-20,37H2,1-4H3,(H,39,44)/t30-,31-,32-/m0/s1. The zero-order valence-electron chi connectivity index (χ0n) is 28.5. The Labute approximate surface area is 298 Å². The van der Waals surface area contributed by atoms with Gasteiger partial charge < -0.3 is 26.0 Å². The predicted molar refractivity (Wildman–Crippen MR) is 193 cm³/mol. The van der Waals surface area contributed by atoms with Crippen LogP contribution in [0.5, 0.6) is 0 Å². The van der Waals surface area contributed by atoms with Gasteiger partial charge in [-0.05, 0) is 54.9 Å². The van der Waals surface area contributed by atoms with Crippen LogP contribution in [0.15, 0.2) is 58.8 Å². The zero-order valence-corrected chi connectivity index (χ0v) is 30.8. The maximum atomic E-state index is 14.1. The summed E-state index contributed by atoms with van der Waals surface area (Å²) in [5, 5.41) is 18.1. The Kier molecular flexibility index (Phi) is 11.9. The van der Waals surface area contributed by atoms with Crippen LogP contribution >= 0.6 is 22.9 Å². The lowest BCUT2D eigenvalue weighted by molar-refractivity contribution is -0.128. The van der Waals surface area contributed by atoms with Crippen LogP contribution in [-0.4, -0.2) is 88.9 Å². The number of nitrogens with one attached hydrogen (secondary N) is 1. The van der Waals surface area contributed by atoms with E-state index in [1.165, 1.54) is 22.5 Å². The van der Waals surface area contributed by atoms with Crippen LogP contribution in [0.2, 0.25) is 5.02 Å². The van der Waals surface area contributed by atoms with Crippen molar-refractivity contribution in [3.05, 3.63) is 75.2 Å². The number of nitrogen functional groups attached to an aromatic ring is 1. The third-order valence-corrected chi connectivity index (χ3v) is 12.1. The number of aromatic nitrogens is 1. The number of hydrogen-bond donors (Lipinski definition) is 3. The van der Waals surface area contributed by atoms with Gasteiger partial charge in [0, 0.05) is 37.5 Å². The number of aliphatic hydroxyl groups is 1. The molecule has 14 heteroatoms. The van der Waals surface area contributed by atoms with Crippen LogP contribution < -0.4 is 11.1 Å². The molecule has 0 unspecified atom stereocenters. The highest BCUT2D eigenvalue weighted by Crippen LogP contribution is 2.41. The van der Waals surface area contributed by atoms with Crippen molar-refractivity contribution in [1.29, 1.82) is 0 Å². The number of carbonyl (C=O) groups is 2. The fraction of sp³-hybridized carbons (Fsp3) is 0.514. The van der Waals surface area contributed by atoms with Gasteiger partial charge in [0.2, 0.25) is 15.9 Å². The first-order valence-corrected chi connectivity index (χ1v) is 19.5. The normalized spacial score (nSPS) is 17.3. The number of urea groups is 1. The molecule has 1 aliphatic heterocycles. The number of benzene rings is 2. The van der Waals surface area contributed by atoms with Gasteiger partial charge in [-0.25, -0.2) is 18.2 Å². The number of nitrogens with zero attached hydrogens (tertiary/aromatic N) is 4. The first-order chi connectivity index (χ1) is 23.2. The van der Waals surface area contributed by atoms with Crippen molar-refractivity contribution in [3.8, 4) is 0 Å². The van der Waals surface area contributed by atoms with E-state index in [2.05, 4.69) is 5.32 Å². The Hall–Kier alpha value is -3.23. The quantitative estimate of drug-likeness (QED) is 0.177. The summed E-state index contributed by atoms with van der Waals surface area (Å²) in [4.78, 5) is 35.8. The molecule has 4 N–H and O–H groups in total. The molecule has 1 saturated carbocycles. The van der Waals surface area contributed by atoms with Gasteiger partial charge in [0.05, 0.1) is 45.0 Å². The number of carbonyl (C=O) groups excluding carboxylic acids is 2. The molecule has 2 heterocycles. The van der Waals surface area contributed by atoms with E-state index in [0.29, 0.717) is 25.6 Å². The maximum Gasteiger partial charge on any atom is 0.321 e. The summed E-state index contributed by atoms with van der Waals surface area (Å²) < 4.78 is 28.9. The fourth-order valence-electron chi connectivity index (χ4n) is 6.18. The van der Waals surface area contributed by atoms with Crippen molar-refractivity contribution in [2.75, 3.05) is 31.9 Å². The van der Waals surface area contributed by atoms with Crippen LogP contribution in [0.1, 0.15) is 62.7 Å². The summed E-state index contributed by atoms with van der Waals surface area (Å²) in [5.74, 6) is -0.148. The Balaban J connectivity index is 1.35. The summed E-state index contributed by atoms with van der Waals surface area (Å²) in [6.07, 6.45) is 1.29. The molecule has 11 nitrogen and oxygen atoms in total. The number of aliphatic hydroxyl groups excluding tert-OH is 1. The van der Waals surface area contributed by atoms with Gasteiger partial charge in [0.25, 0.3) is 0 Å². The van der Waals surface area contributed by atoms with E-state index >= 15 is 0 Å². The molecular weight excluding hydrogens is 684 g/mol. The summed E-state index contributed by atoms with van der Waals surface area (Å²) in [6.45, 7) is 8.64. The molecule has 5 rings (SSSR count). The predicted octanol–water partition coefficient (Wildman–Crippen LogP) is 4.95. The summed E-state index contributed by atoms with van der Waals surface area (Å²) in [5.41, 5.74) is 7.79. The average molecular weight is 731 g/mol. The maximum absolute atomic E-state index is 14.1. The highest BCUT2D eigenvalue weighted by atomic mass is 35.5.